The first-order chi connectivity index (χ1) is 9.99. The van der Waals surface area contributed by atoms with Gasteiger partial charge in [-0.2, -0.15) is 0 Å². The number of hydrogen-bond donors (Lipinski definition) is 0. The van der Waals surface area contributed by atoms with Crippen molar-refractivity contribution in [3.05, 3.63) is 33.7 Å². The van der Waals surface area contributed by atoms with Gasteiger partial charge in [-0.3, -0.25) is 9.20 Å². The van der Waals surface area contributed by atoms with Crippen LogP contribution in [0.4, 0.5) is 0 Å². The molecule has 0 radical (unpaired) electrons. The molecule has 0 atom stereocenters. The van der Waals surface area contributed by atoms with Gasteiger partial charge in [0.05, 0.1) is 10.2 Å². The predicted molar refractivity (Wildman–Crippen MR) is 88.9 cm³/mol. The summed E-state index contributed by atoms with van der Waals surface area (Å²) in [6.45, 7) is 9.68. The van der Waals surface area contributed by atoms with E-state index in [0.29, 0.717) is 5.69 Å². The van der Waals surface area contributed by atoms with Crippen molar-refractivity contribution in [2.24, 2.45) is 0 Å². The number of rotatable bonds is 5. The molecule has 0 aliphatic carbocycles. The number of halogens is 1. The van der Waals surface area contributed by atoms with E-state index in [2.05, 4.69) is 34.8 Å². The van der Waals surface area contributed by atoms with Gasteiger partial charge in [-0.25, -0.2) is 4.98 Å². The number of amides is 1. The summed E-state index contributed by atoms with van der Waals surface area (Å²) in [4.78, 5) is 19.4. The van der Waals surface area contributed by atoms with E-state index in [9.17, 15) is 4.79 Å². The minimum Gasteiger partial charge on any atom is -0.337 e. The van der Waals surface area contributed by atoms with Crippen LogP contribution < -0.4 is 0 Å². The molecule has 0 N–H and O–H groups in total. The molecule has 0 fully saturated rings. The Morgan fingerprint density at radius 2 is 1.90 bits per heavy atom. The van der Waals surface area contributed by atoms with Crippen LogP contribution >= 0.6 is 15.9 Å². The molecule has 2 heterocycles. The lowest BCUT2D eigenvalue weighted by molar-refractivity contribution is 0.0748. The molecule has 0 aromatic carbocycles. The summed E-state index contributed by atoms with van der Waals surface area (Å²) in [7, 11) is 0. The standard InChI is InChI=1S/C16H22BrN3O/c1-5-7-19(8-6-2)16(21)14-12(4)18-15-13(17)9-11(3)10-20(14)15/h9-10H,5-8H2,1-4H3. The van der Waals surface area contributed by atoms with Crippen LogP contribution in [0.5, 0.6) is 0 Å². The number of carbonyl (C=O) groups is 1. The van der Waals surface area contributed by atoms with Gasteiger partial charge in [0.25, 0.3) is 5.91 Å². The van der Waals surface area contributed by atoms with Gasteiger partial charge in [0.1, 0.15) is 5.69 Å². The number of aryl methyl sites for hydroxylation is 2. The summed E-state index contributed by atoms with van der Waals surface area (Å²) in [5.74, 6) is 0.0706. The minimum atomic E-state index is 0.0706. The van der Waals surface area contributed by atoms with Crippen molar-refractivity contribution in [1.29, 1.82) is 0 Å². The molecule has 0 spiro atoms. The van der Waals surface area contributed by atoms with Crippen LogP contribution in [0.1, 0.15) is 48.4 Å². The predicted octanol–water partition coefficient (Wildman–Crippen LogP) is 3.98. The molecular weight excluding hydrogens is 330 g/mol. The Balaban J connectivity index is 2.54. The van der Waals surface area contributed by atoms with Crippen LogP contribution in [0.15, 0.2) is 16.7 Å². The number of nitrogens with zero attached hydrogens (tertiary/aromatic N) is 3. The van der Waals surface area contributed by atoms with Crippen LogP contribution in [-0.4, -0.2) is 33.3 Å². The van der Waals surface area contributed by atoms with E-state index < -0.39 is 0 Å². The van der Waals surface area contributed by atoms with Gasteiger partial charge in [0, 0.05) is 19.3 Å². The molecule has 2 aromatic heterocycles. The topological polar surface area (TPSA) is 37.6 Å². The molecule has 0 bridgehead atoms. The van der Waals surface area contributed by atoms with Crippen LogP contribution in [0.3, 0.4) is 0 Å². The average molecular weight is 352 g/mol. The first kappa shape index (κ1) is 16.0. The highest BCUT2D eigenvalue weighted by Gasteiger charge is 2.22. The molecule has 0 saturated heterocycles. The van der Waals surface area contributed by atoms with Gasteiger partial charge in [-0.1, -0.05) is 13.8 Å². The summed E-state index contributed by atoms with van der Waals surface area (Å²) in [6.07, 6.45) is 3.90. The Morgan fingerprint density at radius 3 is 2.48 bits per heavy atom. The third-order valence-corrected chi connectivity index (χ3v) is 4.05. The van der Waals surface area contributed by atoms with Crippen molar-refractivity contribution >= 4 is 27.5 Å². The smallest absolute Gasteiger partial charge is 0.272 e. The zero-order valence-corrected chi connectivity index (χ0v) is 14.7. The molecule has 5 heteroatoms. The van der Waals surface area contributed by atoms with Gasteiger partial charge in [0.2, 0.25) is 0 Å². The quantitative estimate of drug-likeness (QED) is 0.816. The molecule has 21 heavy (non-hydrogen) atoms. The van der Waals surface area contributed by atoms with Gasteiger partial charge in [0.15, 0.2) is 5.65 Å². The molecule has 0 aliphatic heterocycles. The molecule has 2 rings (SSSR count). The number of carbonyl (C=O) groups excluding carboxylic acids is 1. The summed E-state index contributed by atoms with van der Waals surface area (Å²) in [5.41, 5.74) is 3.35. The number of fused-ring (bicyclic) bond motifs is 1. The van der Waals surface area contributed by atoms with E-state index in [0.717, 1.165) is 47.3 Å². The van der Waals surface area contributed by atoms with E-state index in [1.54, 1.807) is 0 Å². The number of hydrogen-bond acceptors (Lipinski definition) is 2. The van der Waals surface area contributed by atoms with Crippen LogP contribution in [-0.2, 0) is 0 Å². The van der Waals surface area contributed by atoms with Crippen LogP contribution in [0, 0.1) is 13.8 Å². The normalized spacial score (nSPS) is 11.1. The van der Waals surface area contributed by atoms with Gasteiger partial charge in [-0.15, -0.1) is 0 Å². The Labute approximate surface area is 134 Å². The molecule has 0 saturated carbocycles. The molecule has 4 nitrogen and oxygen atoms in total. The highest BCUT2D eigenvalue weighted by atomic mass is 79.9. The Hall–Kier alpha value is -1.36. The second kappa shape index (κ2) is 6.60. The molecule has 0 aliphatic rings. The Kier molecular flexibility index (Phi) is 5.04. The molecule has 0 unspecified atom stereocenters. The fourth-order valence-electron chi connectivity index (χ4n) is 2.61. The number of aromatic nitrogens is 2. The van der Waals surface area contributed by atoms with Crippen molar-refractivity contribution in [1.82, 2.24) is 14.3 Å². The van der Waals surface area contributed by atoms with Crippen molar-refractivity contribution in [3.8, 4) is 0 Å². The van der Waals surface area contributed by atoms with E-state index in [1.807, 2.05) is 35.4 Å². The van der Waals surface area contributed by atoms with Crippen molar-refractivity contribution in [2.45, 2.75) is 40.5 Å². The summed E-state index contributed by atoms with van der Waals surface area (Å²) < 4.78 is 2.83. The van der Waals surface area contributed by atoms with Gasteiger partial charge in [-0.05, 0) is 54.2 Å². The molecule has 2 aromatic rings. The third-order valence-electron chi connectivity index (χ3n) is 3.46. The summed E-state index contributed by atoms with van der Waals surface area (Å²) in [6, 6.07) is 2.02. The maximum Gasteiger partial charge on any atom is 0.272 e. The fourth-order valence-corrected chi connectivity index (χ4v) is 3.25. The lowest BCUT2D eigenvalue weighted by atomic mass is 10.2. The molecule has 1 amide bonds. The van der Waals surface area contributed by atoms with Crippen LogP contribution in [0.25, 0.3) is 5.65 Å². The lowest BCUT2D eigenvalue weighted by Crippen LogP contribution is -2.33. The van der Waals surface area contributed by atoms with Gasteiger partial charge < -0.3 is 4.90 Å². The van der Waals surface area contributed by atoms with E-state index in [-0.39, 0.29) is 5.91 Å². The zero-order valence-electron chi connectivity index (χ0n) is 13.1. The summed E-state index contributed by atoms with van der Waals surface area (Å²) in [5, 5.41) is 0. The van der Waals surface area contributed by atoms with Crippen molar-refractivity contribution < 1.29 is 4.79 Å². The zero-order chi connectivity index (χ0) is 15.6. The summed E-state index contributed by atoms with van der Waals surface area (Å²) >= 11 is 3.53. The van der Waals surface area contributed by atoms with E-state index >= 15 is 0 Å². The molecular formula is C16H22BrN3O. The van der Waals surface area contributed by atoms with Crippen LogP contribution in [0.2, 0.25) is 0 Å². The third kappa shape index (κ3) is 3.12. The molecule has 114 valence electrons. The largest absolute Gasteiger partial charge is 0.337 e. The number of imidazole rings is 1. The average Bonchev–Trinajstić information content (AvgIpc) is 2.74. The second-order valence-electron chi connectivity index (χ2n) is 5.40. The minimum absolute atomic E-state index is 0.0706. The fraction of sp³-hybridized carbons (Fsp3) is 0.500. The Bertz CT molecular complexity index is 657. The maximum absolute atomic E-state index is 12.9. The highest BCUT2D eigenvalue weighted by Crippen LogP contribution is 2.23. The monoisotopic (exact) mass is 351 g/mol. The first-order valence-electron chi connectivity index (χ1n) is 7.43. The second-order valence-corrected chi connectivity index (χ2v) is 6.25. The highest BCUT2D eigenvalue weighted by molar-refractivity contribution is 9.10. The van der Waals surface area contributed by atoms with Crippen molar-refractivity contribution in [3.63, 3.8) is 0 Å². The maximum atomic E-state index is 12.9. The van der Waals surface area contributed by atoms with Gasteiger partial charge >= 0.3 is 0 Å². The SMILES string of the molecule is CCCN(CCC)C(=O)c1c(C)nc2c(Br)cc(C)cn12. The lowest BCUT2D eigenvalue weighted by Gasteiger charge is -2.21. The number of pyridine rings is 1. The van der Waals surface area contributed by atoms with E-state index in [1.165, 1.54) is 0 Å². The van der Waals surface area contributed by atoms with Crippen molar-refractivity contribution in [2.75, 3.05) is 13.1 Å². The first-order valence-corrected chi connectivity index (χ1v) is 8.23. The Morgan fingerprint density at radius 1 is 1.29 bits per heavy atom. The van der Waals surface area contributed by atoms with E-state index in [4.69, 9.17) is 0 Å².